The van der Waals surface area contributed by atoms with E-state index in [4.69, 9.17) is 4.52 Å². The molecule has 1 aliphatic rings. The maximum Gasteiger partial charge on any atom is 0.417 e. The van der Waals surface area contributed by atoms with E-state index in [0.29, 0.717) is 37.2 Å². The number of aryl methyl sites for hydroxylation is 1. The van der Waals surface area contributed by atoms with Crippen LogP contribution < -0.4 is 0 Å². The van der Waals surface area contributed by atoms with Gasteiger partial charge in [-0.25, -0.2) is 9.37 Å². The third-order valence-corrected chi connectivity index (χ3v) is 5.48. The van der Waals surface area contributed by atoms with Crippen LogP contribution in [0.2, 0.25) is 0 Å². The lowest BCUT2D eigenvalue weighted by Crippen LogP contribution is -2.39. The number of pyridine rings is 1. The quantitative estimate of drug-likeness (QED) is 0.579. The first kappa shape index (κ1) is 20.3. The van der Waals surface area contributed by atoms with E-state index in [1.165, 1.54) is 19.1 Å². The molecular formula is C21H19F4N3O2. The van der Waals surface area contributed by atoms with Gasteiger partial charge in [-0.3, -0.25) is 4.79 Å². The molecule has 1 saturated heterocycles. The monoisotopic (exact) mass is 421 g/mol. The Bertz CT molecular complexity index is 1070. The van der Waals surface area contributed by atoms with Gasteiger partial charge < -0.3 is 9.42 Å². The number of carbonyl (C=O) groups is 1. The summed E-state index contributed by atoms with van der Waals surface area (Å²) >= 11 is 0. The van der Waals surface area contributed by atoms with Crippen molar-refractivity contribution >= 4 is 17.0 Å². The highest BCUT2D eigenvalue weighted by Crippen LogP contribution is 2.38. The summed E-state index contributed by atoms with van der Waals surface area (Å²) in [5.74, 6) is -0.669. The number of carbonyl (C=O) groups excluding carboxylic acids is 1. The van der Waals surface area contributed by atoms with Crippen LogP contribution >= 0.6 is 0 Å². The van der Waals surface area contributed by atoms with Crippen LogP contribution in [0.1, 0.15) is 41.3 Å². The Morgan fingerprint density at radius 3 is 2.50 bits per heavy atom. The van der Waals surface area contributed by atoms with Crippen molar-refractivity contribution in [1.82, 2.24) is 15.0 Å². The first-order chi connectivity index (χ1) is 14.2. The van der Waals surface area contributed by atoms with Crippen LogP contribution in [0.25, 0.3) is 11.1 Å². The molecule has 0 spiro atoms. The van der Waals surface area contributed by atoms with Gasteiger partial charge in [0.2, 0.25) is 5.91 Å². The van der Waals surface area contributed by atoms with Gasteiger partial charge in [-0.15, -0.1) is 0 Å². The molecule has 158 valence electrons. The van der Waals surface area contributed by atoms with Gasteiger partial charge in [0, 0.05) is 24.7 Å². The second-order valence-corrected chi connectivity index (χ2v) is 7.50. The molecule has 1 fully saturated rings. The summed E-state index contributed by atoms with van der Waals surface area (Å²) in [5, 5.41) is 3.51. The lowest BCUT2D eigenvalue weighted by Gasteiger charge is -2.32. The van der Waals surface area contributed by atoms with Gasteiger partial charge in [-0.05, 0) is 43.5 Å². The smallest absolute Gasteiger partial charge is 0.342 e. The molecule has 0 N–H and O–H groups in total. The van der Waals surface area contributed by atoms with Crippen LogP contribution in [0, 0.1) is 12.7 Å². The largest absolute Gasteiger partial charge is 0.417 e. The van der Waals surface area contributed by atoms with E-state index in [1.807, 2.05) is 0 Å². The van der Waals surface area contributed by atoms with Crippen LogP contribution in [0.4, 0.5) is 17.6 Å². The standard InChI is InChI=1S/C21H19F4N3O2/c1-12-19-16(21(23,24)25)11-17(26-20(19)30-27-12)14-6-8-28(9-7-14)18(29)10-13-2-4-15(22)5-3-13/h2-5,11,14H,6-10H2,1H3. The molecule has 2 aromatic heterocycles. The first-order valence-electron chi connectivity index (χ1n) is 9.58. The highest BCUT2D eigenvalue weighted by atomic mass is 19.4. The summed E-state index contributed by atoms with van der Waals surface area (Å²) in [6.45, 7) is 2.29. The number of fused-ring (bicyclic) bond motifs is 1. The van der Waals surface area contributed by atoms with E-state index in [-0.39, 0.29) is 40.9 Å². The highest BCUT2D eigenvalue weighted by molar-refractivity contribution is 5.81. The Morgan fingerprint density at radius 1 is 1.20 bits per heavy atom. The second-order valence-electron chi connectivity index (χ2n) is 7.50. The van der Waals surface area contributed by atoms with Gasteiger partial charge in [-0.2, -0.15) is 13.2 Å². The normalized spacial score (nSPS) is 15.7. The molecular weight excluding hydrogens is 402 g/mol. The number of likely N-dealkylation sites (tertiary alicyclic amines) is 1. The molecule has 5 nitrogen and oxygen atoms in total. The number of piperidine rings is 1. The third-order valence-electron chi connectivity index (χ3n) is 5.48. The van der Waals surface area contributed by atoms with Crippen molar-refractivity contribution in [3.05, 3.63) is 58.7 Å². The summed E-state index contributed by atoms with van der Waals surface area (Å²) < 4.78 is 58.6. The average Bonchev–Trinajstić information content (AvgIpc) is 3.09. The van der Waals surface area contributed by atoms with Gasteiger partial charge >= 0.3 is 6.18 Å². The summed E-state index contributed by atoms with van der Waals surface area (Å²) in [6, 6.07) is 6.82. The van der Waals surface area contributed by atoms with Crippen molar-refractivity contribution in [2.45, 2.75) is 38.3 Å². The molecule has 1 aliphatic heterocycles. The molecule has 1 aromatic carbocycles. The minimum Gasteiger partial charge on any atom is -0.342 e. The van der Waals surface area contributed by atoms with Gasteiger partial charge in [0.05, 0.1) is 23.1 Å². The Labute approximate surface area is 169 Å². The van der Waals surface area contributed by atoms with Crippen LogP contribution in [0.3, 0.4) is 0 Å². The van der Waals surface area contributed by atoms with E-state index < -0.39 is 11.7 Å². The van der Waals surface area contributed by atoms with Gasteiger partial charge in [-0.1, -0.05) is 17.3 Å². The van der Waals surface area contributed by atoms with Crippen LogP contribution in [0.5, 0.6) is 0 Å². The van der Waals surface area contributed by atoms with E-state index in [0.717, 1.165) is 6.07 Å². The summed E-state index contributed by atoms with van der Waals surface area (Å²) in [5.41, 5.74) is 0.253. The molecule has 9 heteroatoms. The average molecular weight is 421 g/mol. The third kappa shape index (κ3) is 4.01. The predicted molar refractivity (Wildman–Crippen MR) is 100 cm³/mol. The SMILES string of the molecule is Cc1noc2nc(C3CCN(C(=O)Cc4ccc(F)cc4)CC3)cc(C(F)(F)F)c12. The molecule has 0 bridgehead atoms. The number of benzene rings is 1. The molecule has 0 saturated carbocycles. The number of rotatable bonds is 3. The predicted octanol–water partition coefficient (Wildman–Crippen LogP) is 4.64. The molecule has 4 rings (SSSR count). The number of hydrogen-bond acceptors (Lipinski definition) is 4. The van der Waals surface area contributed by atoms with Crippen LogP contribution in [-0.2, 0) is 17.4 Å². The number of aromatic nitrogens is 2. The lowest BCUT2D eigenvalue weighted by atomic mass is 9.91. The molecule has 3 aromatic rings. The van der Waals surface area contributed by atoms with Crippen LogP contribution in [-0.4, -0.2) is 34.0 Å². The van der Waals surface area contributed by atoms with Crippen molar-refractivity contribution in [3.63, 3.8) is 0 Å². The summed E-state index contributed by atoms with van der Waals surface area (Å²) in [6.07, 6.45) is -3.39. The number of amides is 1. The zero-order valence-electron chi connectivity index (χ0n) is 16.2. The molecule has 0 radical (unpaired) electrons. The van der Waals surface area contributed by atoms with Crippen molar-refractivity contribution in [3.8, 4) is 0 Å². The molecule has 3 heterocycles. The number of nitrogens with zero attached hydrogens (tertiary/aromatic N) is 3. The maximum absolute atomic E-state index is 13.5. The number of halogens is 4. The number of alkyl halides is 3. The topological polar surface area (TPSA) is 59.2 Å². The van der Waals surface area contributed by atoms with Crippen molar-refractivity contribution in [2.24, 2.45) is 0 Å². The zero-order chi connectivity index (χ0) is 21.5. The van der Waals surface area contributed by atoms with Gasteiger partial charge in [0.15, 0.2) is 0 Å². The lowest BCUT2D eigenvalue weighted by molar-refractivity contribution is -0.136. The van der Waals surface area contributed by atoms with E-state index >= 15 is 0 Å². The number of hydrogen-bond donors (Lipinski definition) is 0. The zero-order valence-corrected chi connectivity index (χ0v) is 16.2. The van der Waals surface area contributed by atoms with Crippen molar-refractivity contribution < 1.29 is 26.9 Å². The minimum atomic E-state index is -4.54. The Kier molecular flexibility index (Phi) is 5.21. The summed E-state index contributed by atoms with van der Waals surface area (Å²) in [4.78, 5) is 18.5. The molecule has 0 aliphatic carbocycles. The summed E-state index contributed by atoms with van der Waals surface area (Å²) in [7, 11) is 0. The molecule has 1 amide bonds. The Morgan fingerprint density at radius 2 is 1.87 bits per heavy atom. The Balaban J connectivity index is 1.48. The fourth-order valence-corrected chi connectivity index (χ4v) is 3.86. The second kappa shape index (κ2) is 7.70. The van der Waals surface area contributed by atoms with Crippen molar-refractivity contribution in [2.75, 3.05) is 13.1 Å². The van der Waals surface area contributed by atoms with E-state index in [2.05, 4.69) is 10.1 Å². The molecule has 30 heavy (non-hydrogen) atoms. The molecule has 0 unspecified atom stereocenters. The van der Waals surface area contributed by atoms with E-state index in [1.54, 1.807) is 17.0 Å². The molecule has 0 atom stereocenters. The first-order valence-corrected chi connectivity index (χ1v) is 9.58. The highest BCUT2D eigenvalue weighted by Gasteiger charge is 2.37. The fourth-order valence-electron chi connectivity index (χ4n) is 3.86. The van der Waals surface area contributed by atoms with Gasteiger partial charge in [0.1, 0.15) is 5.82 Å². The fraction of sp³-hybridized carbons (Fsp3) is 0.381. The van der Waals surface area contributed by atoms with Crippen LogP contribution in [0.15, 0.2) is 34.9 Å². The van der Waals surface area contributed by atoms with E-state index in [9.17, 15) is 22.4 Å². The Hall–Kier alpha value is -2.97. The van der Waals surface area contributed by atoms with Crippen molar-refractivity contribution in [1.29, 1.82) is 0 Å². The maximum atomic E-state index is 13.5. The van der Waals surface area contributed by atoms with Gasteiger partial charge in [0.25, 0.3) is 5.71 Å². The minimum absolute atomic E-state index is 0.0923.